The summed E-state index contributed by atoms with van der Waals surface area (Å²) >= 11 is 0. The molecule has 0 bridgehead atoms. The van der Waals surface area contributed by atoms with Crippen LogP contribution < -0.4 is 15.8 Å². The number of rotatable bonds is 6. The topological polar surface area (TPSA) is 64.3 Å². The molecule has 0 saturated heterocycles. The fourth-order valence-electron chi connectivity index (χ4n) is 1.62. The van der Waals surface area contributed by atoms with Crippen molar-refractivity contribution in [2.75, 3.05) is 0 Å². The Morgan fingerprint density at radius 2 is 2.16 bits per heavy atom. The van der Waals surface area contributed by atoms with E-state index in [4.69, 9.17) is 5.73 Å². The van der Waals surface area contributed by atoms with E-state index in [0.29, 0.717) is 5.56 Å². The molecule has 0 spiro atoms. The van der Waals surface area contributed by atoms with E-state index in [1.807, 2.05) is 6.92 Å². The van der Waals surface area contributed by atoms with Gasteiger partial charge >= 0.3 is 6.61 Å². The molecule has 0 radical (unpaired) electrons. The fraction of sp³-hybridized carbons (Fsp3) is 0.462. The lowest BCUT2D eigenvalue weighted by atomic mass is 10.1. The van der Waals surface area contributed by atoms with E-state index in [1.54, 1.807) is 19.1 Å². The summed E-state index contributed by atoms with van der Waals surface area (Å²) in [5.74, 6) is -0.152. The van der Waals surface area contributed by atoms with Crippen molar-refractivity contribution in [1.29, 1.82) is 0 Å². The fourth-order valence-corrected chi connectivity index (χ4v) is 1.62. The predicted octanol–water partition coefficient (Wildman–Crippen LogP) is 1.95. The van der Waals surface area contributed by atoms with Crippen molar-refractivity contribution < 1.29 is 18.3 Å². The zero-order valence-corrected chi connectivity index (χ0v) is 11.0. The van der Waals surface area contributed by atoms with Crippen LogP contribution in [0.15, 0.2) is 18.2 Å². The molecule has 1 aromatic rings. The van der Waals surface area contributed by atoms with Crippen LogP contribution >= 0.6 is 0 Å². The Kier molecular flexibility index (Phi) is 5.69. The average molecular weight is 272 g/mol. The van der Waals surface area contributed by atoms with Crippen LogP contribution in [0.3, 0.4) is 0 Å². The van der Waals surface area contributed by atoms with Gasteiger partial charge in [-0.1, -0.05) is 17.7 Å². The molecule has 1 atom stereocenters. The van der Waals surface area contributed by atoms with Crippen LogP contribution in [-0.4, -0.2) is 18.6 Å². The molecule has 0 fully saturated rings. The van der Waals surface area contributed by atoms with E-state index in [-0.39, 0.29) is 30.7 Å². The second-order valence-electron chi connectivity index (χ2n) is 4.45. The van der Waals surface area contributed by atoms with E-state index in [2.05, 4.69) is 10.1 Å². The highest BCUT2D eigenvalue weighted by Crippen LogP contribution is 2.21. The van der Waals surface area contributed by atoms with Crippen molar-refractivity contribution in [3.63, 3.8) is 0 Å². The third-order valence-electron chi connectivity index (χ3n) is 2.42. The first-order valence-electron chi connectivity index (χ1n) is 5.95. The molecular weight excluding hydrogens is 254 g/mol. The molecule has 0 heterocycles. The Morgan fingerprint density at radius 1 is 1.47 bits per heavy atom. The van der Waals surface area contributed by atoms with Gasteiger partial charge in [-0.2, -0.15) is 8.78 Å². The first kappa shape index (κ1) is 15.4. The minimum absolute atomic E-state index is 0.0710. The largest absolute Gasteiger partial charge is 0.434 e. The minimum atomic E-state index is -2.89. The lowest BCUT2D eigenvalue weighted by molar-refractivity contribution is -0.121. The van der Waals surface area contributed by atoms with Crippen molar-refractivity contribution in [3.05, 3.63) is 29.3 Å². The number of amides is 1. The van der Waals surface area contributed by atoms with Crippen LogP contribution in [0.5, 0.6) is 5.75 Å². The standard InChI is InChI=1S/C13H18F2N2O2/c1-8-3-4-11(19-13(14)15)10(5-8)7-17-12(18)6-9(2)16/h3-5,9,13H,6-7,16H2,1-2H3,(H,17,18). The van der Waals surface area contributed by atoms with Crippen LogP contribution in [0.1, 0.15) is 24.5 Å². The van der Waals surface area contributed by atoms with Crippen LogP contribution in [0.2, 0.25) is 0 Å². The maximum Gasteiger partial charge on any atom is 0.387 e. The molecule has 19 heavy (non-hydrogen) atoms. The summed E-state index contributed by atoms with van der Waals surface area (Å²) in [4.78, 5) is 11.5. The van der Waals surface area contributed by atoms with Crippen molar-refractivity contribution in [1.82, 2.24) is 5.32 Å². The molecule has 1 unspecified atom stereocenters. The number of halogens is 2. The van der Waals surface area contributed by atoms with Crippen molar-refractivity contribution in [2.45, 2.75) is 39.5 Å². The van der Waals surface area contributed by atoms with Crippen LogP contribution in [0, 0.1) is 6.92 Å². The number of alkyl halides is 2. The van der Waals surface area contributed by atoms with Gasteiger partial charge in [-0.05, 0) is 19.9 Å². The van der Waals surface area contributed by atoms with Gasteiger partial charge in [0.2, 0.25) is 5.91 Å². The number of hydrogen-bond acceptors (Lipinski definition) is 3. The molecular formula is C13H18F2N2O2. The molecule has 106 valence electrons. The second-order valence-corrected chi connectivity index (χ2v) is 4.45. The molecule has 0 aliphatic heterocycles. The second kappa shape index (κ2) is 7.04. The zero-order valence-electron chi connectivity index (χ0n) is 11.0. The smallest absolute Gasteiger partial charge is 0.387 e. The third-order valence-corrected chi connectivity index (χ3v) is 2.42. The van der Waals surface area contributed by atoms with Crippen molar-refractivity contribution in [3.8, 4) is 5.75 Å². The van der Waals surface area contributed by atoms with Gasteiger partial charge in [0.05, 0.1) is 0 Å². The number of benzene rings is 1. The summed E-state index contributed by atoms with van der Waals surface area (Å²) in [6.07, 6.45) is 0.191. The number of carbonyl (C=O) groups is 1. The maximum atomic E-state index is 12.2. The van der Waals surface area contributed by atoms with Crippen LogP contribution in [0.4, 0.5) is 8.78 Å². The van der Waals surface area contributed by atoms with Crippen LogP contribution in [-0.2, 0) is 11.3 Å². The monoisotopic (exact) mass is 272 g/mol. The summed E-state index contributed by atoms with van der Waals surface area (Å²) in [6.45, 7) is 0.799. The van der Waals surface area contributed by atoms with E-state index in [0.717, 1.165) is 5.56 Å². The van der Waals surface area contributed by atoms with Gasteiger partial charge in [0.25, 0.3) is 0 Å². The number of nitrogens with one attached hydrogen (secondary N) is 1. The van der Waals surface area contributed by atoms with Gasteiger partial charge in [0, 0.05) is 24.6 Å². The highest BCUT2D eigenvalue weighted by molar-refractivity contribution is 5.76. The quantitative estimate of drug-likeness (QED) is 0.832. The lowest BCUT2D eigenvalue weighted by Gasteiger charge is -2.13. The van der Waals surface area contributed by atoms with Gasteiger partial charge in [-0.3, -0.25) is 4.79 Å². The Morgan fingerprint density at radius 3 is 2.74 bits per heavy atom. The van der Waals surface area contributed by atoms with Gasteiger partial charge in [-0.15, -0.1) is 0 Å². The molecule has 3 N–H and O–H groups in total. The summed E-state index contributed by atoms with van der Waals surface area (Å²) in [6, 6.07) is 4.60. The number of ether oxygens (including phenoxy) is 1. The molecule has 0 aliphatic rings. The number of carbonyl (C=O) groups excluding carboxylic acids is 1. The highest BCUT2D eigenvalue weighted by Gasteiger charge is 2.11. The Hall–Kier alpha value is -1.69. The van der Waals surface area contributed by atoms with Gasteiger partial charge < -0.3 is 15.8 Å². The summed E-state index contributed by atoms with van der Waals surface area (Å²) in [5, 5.41) is 2.63. The SMILES string of the molecule is Cc1ccc(OC(F)F)c(CNC(=O)CC(C)N)c1. The molecule has 0 saturated carbocycles. The molecule has 0 aromatic heterocycles. The zero-order chi connectivity index (χ0) is 14.4. The molecule has 6 heteroatoms. The van der Waals surface area contributed by atoms with Gasteiger partial charge in [-0.25, -0.2) is 0 Å². The molecule has 0 aliphatic carbocycles. The molecule has 4 nitrogen and oxygen atoms in total. The Balaban J connectivity index is 2.70. The minimum Gasteiger partial charge on any atom is -0.434 e. The average Bonchev–Trinajstić information content (AvgIpc) is 2.28. The highest BCUT2D eigenvalue weighted by atomic mass is 19.3. The molecule has 1 aromatic carbocycles. The molecule has 1 rings (SSSR count). The first-order valence-corrected chi connectivity index (χ1v) is 5.95. The van der Waals surface area contributed by atoms with Crippen molar-refractivity contribution >= 4 is 5.91 Å². The Labute approximate surface area is 110 Å². The Bertz CT molecular complexity index is 437. The van der Waals surface area contributed by atoms with E-state index in [9.17, 15) is 13.6 Å². The third kappa shape index (κ3) is 5.65. The molecule has 1 amide bonds. The first-order chi connectivity index (χ1) is 8.88. The summed E-state index contributed by atoms with van der Waals surface area (Å²) < 4.78 is 28.9. The van der Waals surface area contributed by atoms with Crippen molar-refractivity contribution in [2.24, 2.45) is 5.73 Å². The number of hydrogen-bond donors (Lipinski definition) is 2. The van der Waals surface area contributed by atoms with Gasteiger partial charge in [0.1, 0.15) is 5.75 Å². The lowest BCUT2D eigenvalue weighted by Crippen LogP contribution is -2.29. The number of nitrogens with two attached hydrogens (primary N) is 1. The predicted molar refractivity (Wildman–Crippen MR) is 67.9 cm³/mol. The van der Waals surface area contributed by atoms with E-state index in [1.165, 1.54) is 6.07 Å². The van der Waals surface area contributed by atoms with Gasteiger partial charge in [0.15, 0.2) is 0 Å². The van der Waals surface area contributed by atoms with E-state index < -0.39 is 6.61 Å². The number of aryl methyl sites for hydroxylation is 1. The van der Waals surface area contributed by atoms with Crippen LogP contribution in [0.25, 0.3) is 0 Å². The maximum absolute atomic E-state index is 12.2. The van der Waals surface area contributed by atoms with E-state index >= 15 is 0 Å². The summed E-state index contributed by atoms with van der Waals surface area (Å²) in [5.41, 5.74) is 6.91. The summed E-state index contributed by atoms with van der Waals surface area (Å²) in [7, 11) is 0. The normalized spacial score (nSPS) is 12.3.